The highest BCUT2D eigenvalue weighted by Crippen LogP contribution is 2.32. The van der Waals surface area contributed by atoms with E-state index in [1.807, 2.05) is 49.4 Å². The maximum Gasteiger partial charge on any atom is 0.338 e. The number of halogens is 1. The van der Waals surface area contributed by atoms with Crippen molar-refractivity contribution in [2.24, 2.45) is 0 Å². The number of nitrogens with one attached hydrogen (secondary N) is 1. The van der Waals surface area contributed by atoms with Gasteiger partial charge in [-0.3, -0.25) is 0 Å². The predicted molar refractivity (Wildman–Crippen MR) is 100 cm³/mol. The Balaban J connectivity index is 2.13. The van der Waals surface area contributed by atoms with Gasteiger partial charge in [-0.1, -0.05) is 41.9 Å². The van der Waals surface area contributed by atoms with Crippen LogP contribution in [0.1, 0.15) is 15.9 Å². The first-order valence-corrected chi connectivity index (χ1v) is 8.14. The van der Waals surface area contributed by atoms with Gasteiger partial charge in [0.2, 0.25) is 0 Å². The summed E-state index contributed by atoms with van der Waals surface area (Å²) in [4.78, 5) is 16.5. The number of nitrogens with zero attached hydrogens (tertiary/aromatic N) is 1. The third kappa shape index (κ3) is 3.64. The maximum absolute atomic E-state index is 12.2. The fourth-order valence-corrected chi connectivity index (χ4v) is 2.74. The number of ether oxygens (including phenoxy) is 1. The highest BCUT2D eigenvalue weighted by atomic mass is 35.5. The number of pyridine rings is 1. The third-order valence-electron chi connectivity index (χ3n) is 3.93. The van der Waals surface area contributed by atoms with Gasteiger partial charge >= 0.3 is 5.97 Å². The number of rotatable bonds is 4. The smallest absolute Gasteiger partial charge is 0.338 e. The lowest BCUT2D eigenvalue weighted by molar-refractivity contribution is 0.0600. The van der Waals surface area contributed by atoms with E-state index in [2.05, 4.69) is 10.3 Å². The highest BCUT2D eigenvalue weighted by molar-refractivity contribution is 6.33. The quantitative estimate of drug-likeness (QED) is 0.652. The van der Waals surface area contributed by atoms with E-state index in [1.54, 1.807) is 18.3 Å². The summed E-state index contributed by atoms with van der Waals surface area (Å²) in [7, 11) is 1.37. The van der Waals surface area contributed by atoms with E-state index in [4.69, 9.17) is 16.3 Å². The van der Waals surface area contributed by atoms with Crippen LogP contribution in [0.25, 0.3) is 11.1 Å². The molecule has 4 nitrogen and oxygen atoms in total. The average Bonchev–Trinajstić information content (AvgIpc) is 2.65. The Kier molecular flexibility index (Phi) is 5.00. The molecule has 0 aliphatic heterocycles. The molecule has 0 fully saturated rings. The van der Waals surface area contributed by atoms with Crippen LogP contribution in [-0.4, -0.2) is 18.1 Å². The van der Waals surface area contributed by atoms with Crippen molar-refractivity contribution in [3.63, 3.8) is 0 Å². The Morgan fingerprint density at radius 2 is 1.84 bits per heavy atom. The first-order valence-electron chi connectivity index (χ1n) is 7.76. The number of hydrogen-bond acceptors (Lipinski definition) is 4. The molecular formula is C20H17ClN2O2. The third-order valence-corrected chi connectivity index (χ3v) is 4.24. The molecule has 0 amide bonds. The molecular weight excluding hydrogens is 336 g/mol. The normalized spacial score (nSPS) is 10.4. The number of carbonyl (C=O) groups excluding carboxylic acids is 1. The molecule has 1 aromatic heterocycles. The van der Waals surface area contributed by atoms with Crippen molar-refractivity contribution in [1.82, 2.24) is 4.98 Å². The summed E-state index contributed by atoms with van der Waals surface area (Å²) in [5.41, 5.74) is 3.93. The Morgan fingerprint density at radius 1 is 1.08 bits per heavy atom. The van der Waals surface area contributed by atoms with Gasteiger partial charge in [0.15, 0.2) is 0 Å². The van der Waals surface area contributed by atoms with Crippen molar-refractivity contribution >= 4 is 29.1 Å². The van der Waals surface area contributed by atoms with Crippen molar-refractivity contribution in [1.29, 1.82) is 0 Å². The lowest BCUT2D eigenvalue weighted by Crippen LogP contribution is -2.07. The number of esters is 1. The molecule has 25 heavy (non-hydrogen) atoms. The molecule has 0 aliphatic rings. The van der Waals surface area contributed by atoms with Crippen LogP contribution in [0.2, 0.25) is 5.02 Å². The maximum atomic E-state index is 12.2. The molecule has 0 radical (unpaired) electrons. The monoisotopic (exact) mass is 352 g/mol. The van der Waals surface area contributed by atoms with Crippen LogP contribution >= 0.6 is 11.6 Å². The van der Waals surface area contributed by atoms with Gasteiger partial charge in [-0.2, -0.15) is 0 Å². The van der Waals surface area contributed by atoms with Gasteiger partial charge in [0.1, 0.15) is 5.82 Å². The highest BCUT2D eigenvalue weighted by Gasteiger charge is 2.16. The molecule has 0 bridgehead atoms. The summed E-state index contributed by atoms with van der Waals surface area (Å²) >= 11 is 6.20. The number of anilines is 2. The minimum atomic E-state index is -0.384. The van der Waals surface area contributed by atoms with Crippen molar-refractivity contribution in [2.45, 2.75) is 6.92 Å². The minimum absolute atomic E-state index is 0.384. The van der Waals surface area contributed by atoms with Gasteiger partial charge in [-0.25, -0.2) is 9.78 Å². The minimum Gasteiger partial charge on any atom is -0.465 e. The Hall–Kier alpha value is -2.85. The van der Waals surface area contributed by atoms with Crippen LogP contribution in [0.4, 0.5) is 11.5 Å². The number of carbonyl (C=O) groups is 1. The zero-order chi connectivity index (χ0) is 17.8. The van der Waals surface area contributed by atoms with Crippen molar-refractivity contribution in [3.8, 4) is 11.1 Å². The van der Waals surface area contributed by atoms with E-state index < -0.39 is 0 Å². The largest absolute Gasteiger partial charge is 0.465 e. The summed E-state index contributed by atoms with van der Waals surface area (Å²) < 4.78 is 4.93. The molecule has 0 saturated heterocycles. The molecule has 0 saturated carbocycles. The van der Waals surface area contributed by atoms with E-state index in [0.717, 1.165) is 22.4 Å². The standard InChI is InChI=1S/C20H17ClN2O2/c1-13-16(20(24)25-2)11-15(14-7-4-3-5-8-14)12-18(13)23-19-17(21)9-6-10-22-19/h3-12H,1-2H3,(H,22,23). The number of hydrogen-bond donors (Lipinski definition) is 1. The zero-order valence-electron chi connectivity index (χ0n) is 13.9. The molecule has 3 rings (SSSR count). The first kappa shape index (κ1) is 17.0. The molecule has 3 aromatic rings. The zero-order valence-corrected chi connectivity index (χ0v) is 14.7. The summed E-state index contributed by atoms with van der Waals surface area (Å²) in [6, 6.07) is 17.2. The summed E-state index contributed by atoms with van der Waals surface area (Å²) in [5, 5.41) is 3.73. The summed E-state index contributed by atoms with van der Waals surface area (Å²) in [5.74, 6) is 0.152. The summed E-state index contributed by atoms with van der Waals surface area (Å²) in [6.45, 7) is 1.86. The molecule has 1 heterocycles. The van der Waals surface area contributed by atoms with Crippen molar-refractivity contribution < 1.29 is 9.53 Å². The Labute approximate surface area is 151 Å². The van der Waals surface area contributed by atoms with Crippen molar-refractivity contribution in [3.05, 3.63) is 76.9 Å². The van der Waals surface area contributed by atoms with Crippen molar-refractivity contribution in [2.75, 3.05) is 12.4 Å². The molecule has 5 heteroatoms. The van der Waals surface area contributed by atoms with Crippen LogP contribution in [-0.2, 0) is 4.74 Å². The topological polar surface area (TPSA) is 51.2 Å². The van der Waals surface area contributed by atoms with Crippen LogP contribution in [0.15, 0.2) is 60.8 Å². The van der Waals surface area contributed by atoms with E-state index in [0.29, 0.717) is 16.4 Å². The van der Waals surface area contributed by atoms with Gasteiger partial charge in [0.05, 0.1) is 17.7 Å². The first-order chi connectivity index (χ1) is 12.1. The molecule has 0 spiro atoms. The van der Waals surface area contributed by atoms with E-state index in [-0.39, 0.29) is 5.97 Å². The van der Waals surface area contributed by atoms with Crippen LogP contribution in [0.3, 0.4) is 0 Å². The van der Waals surface area contributed by atoms with Crippen LogP contribution < -0.4 is 5.32 Å². The second kappa shape index (κ2) is 7.36. The molecule has 126 valence electrons. The average molecular weight is 353 g/mol. The molecule has 1 N–H and O–H groups in total. The Morgan fingerprint density at radius 3 is 2.52 bits per heavy atom. The molecule has 0 unspecified atom stereocenters. The SMILES string of the molecule is COC(=O)c1cc(-c2ccccc2)cc(Nc2ncccc2Cl)c1C. The van der Waals surface area contributed by atoms with Gasteiger partial charge in [-0.05, 0) is 47.9 Å². The molecule has 0 atom stereocenters. The molecule has 0 aliphatic carbocycles. The lowest BCUT2D eigenvalue weighted by Gasteiger charge is -2.15. The fraction of sp³-hybridized carbons (Fsp3) is 0.100. The second-order valence-corrected chi connectivity index (χ2v) is 5.92. The fourth-order valence-electron chi connectivity index (χ4n) is 2.57. The van der Waals surface area contributed by atoms with E-state index >= 15 is 0 Å². The lowest BCUT2D eigenvalue weighted by atomic mass is 9.98. The van der Waals surface area contributed by atoms with Gasteiger partial charge < -0.3 is 10.1 Å². The van der Waals surface area contributed by atoms with E-state index in [1.165, 1.54) is 7.11 Å². The molecule has 2 aromatic carbocycles. The van der Waals surface area contributed by atoms with Crippen LogP contribution in [0.5, 0.6) is 0 Å². The second-order valence-electron chi connectivity index (χ2n) is 5.51. The van der Waals surface area contributed by atoms with Gasteiger partial charge in [-0.15, -0.1) is 0 Å². The van der Waals surface area contributed by atoms with Gasteiger partial charge in [0, 0.05) is 11.9 Å². The Bertz CT molecular complexity index is 911. The van der Waals surface area contributed by atoms with Crippen LogP contribution in [0, 0.1) is 6.92 Å². The number of benzene rings is 2. The predicted octanol–water partition coefficient (Wildman–Crippen LogP) is 5.24. The van der Waals surface area contributed by atoms with E-state index in [9.17, 15) is 4.79 Å². The number of aromatic nitrogens is 1. The number of methoxy groups -OCH3 is 1. The van der Waals surface area contributed by atoms with Gasteiger partial charge in [0.25, 0.3) is 0 Å². The summed E-state index contributed by atoms with van der Waals surface area (Å²) in [6.07, 6.45) is 1.66.